The maximum absolute atomic E-state index is 10.3. The highest BCUT2D eigenvalue weighted by Crippen LogP contribution is 2.06. The molecular weight excluding hydrogens is 144 g/mol. The summed E-state index contributed by atoms with van der Waals surface area (Å²) in [6, 6.07) is 0. The molecule has 58 valence electrons. The van der Waals surface area contributed by atoms with Crippen molar-refractivity contribution < 1.29 is 9.90 Å². The van der Waals surface area contributed by atoms with Gasteiger partial charge in [-0.2, -0.15) is 0 Å². The lowest BCUT2D eigenvalue weighted by atomic mass is 10.4. The van der Waals surface area contributed by atoms with Gasteiger partial charge >= 0.3 is 5.97 Å². The third-order valence-electron chi connectivity index (χ3n) is 0.987. The van der Waals surface area contributed by atoms with E-state index in [-0.39, 0.29) is 0 Å². The van der Waals surface area contributed by atoms with E-state index in [1.54, 1.807) is 6.92 Å². The molecular formula is C7H14O2Si. The number of carboxylic acids is 1. The van der Waals surface area contributed by atoms with Crippen LogP contribution in [0.2, 0.25) is 19.6 Å². The molecule has 0 aliphatic rings. The molecule has 0 saturated carbocycles. The number of aliphatic carboxylic acids is 1. The van der Waals surface area contributed by atoms with Crippen LogP contribution in [0.1, 0.15) is 6.92 Å². The summed E-state index contributed by atoms with van der Waals surface area (Å²) in [5, 5.41) is 8.50. The van der Waals surface area contributed by atoms with Gasteiger partial charge in [0.05, 0.1) is 8.07 Å². The molecule has 0 aromatic heterocycles. The van der Waals surface area contributed by atoms with Crippen molar-refractivity contribution in [3.63, 3.8) is 0 Å². The van der Waals surface area contributed by atoms with Crippen LogP contribution in [0.4, 0.5) is 0 Å². The Kier molecular flexibility index (Phi) is 2.84. The predicted molar refractivity (Wildman–Crippen MR) is 44.7 cm³/mol. The van der Waals surface area contributed by atoms with Gasteiger partial charge in [0.1, 0.15) is 0 Å². The summed E-state index contributed by atoms with van der Waals surface area (Å²) in [5.41, 5.74) is 2.36. The summed E-state index contributed by atoms with van der Waals surface area (Å²) < 4.78 is 0. The molecule has 0 saturated heterocycles. The van der Waals surface area contributed by atoms with Crippen LogP contribution < -0.4 is 0 Å². The summed E-state index contributed by atoms with van der Waals surface area (Å²) in [5.74, 6) is -0.803. The fraction of sp³-hybridized carbons (Fsp3) is 0.571. The Hall–Kier alpha value is -0.573. The van der Waals surface area contributed by atoms with Crippen molar-refractivity contribution in [2.75, 3.05) is 0 Å². The first-order valence-electron chi connectivity index (χ1n) is 3.26. The predicted octanol–water partition coefficient (Wildman–Crippen LogP) is 1.89. The molecule has 0 aliphatic carbocycles. The minimum Gasteiger partial charge on any atom is -0.478 e. The normalized spacial score (nSPS) is 13.4. The Balaban J connectivity index is 4.32. The second-order valence-electron chi connectivity index (χ2n) is 3.50. The highest BCUT2D eigenvalue weighted by Gasteiger charge is 2.11. The number of carbonyl (C=O) groups is 1. The Morgan fingerprint density at radius 1 is 1.40 bits per heavy atom. The average molecular weight is 158 g/mol. The Morgan fingerprint density at radius 3 is 1.90 bits per heavy atom. The van der Waals surface area contributed by atoms with E-state index in [4.69, 9.17) is 5.11 Å². The molecule has 0 aliphatic heterocycles. The van der Waals surface area contributed by atoms with Crippen LogP contribution in [0.5, 0.6) is 0 Å². The van der Waals surface area contributed by atoms with Crippen LogP contribution >= 0.6 is 0 Å². The fourth-order valence-electron chi connectivity index (χ4n) is 0.711. The molecule has 0 atom stereocenters. The Morgan fingerprint density at radius 2 is 1.80 bits per heavy atom. The topological polar surface area (TPSA) is 37.3 Å². The summed E-state index contributed by atoms with van der Waals surface area (Å²) >= 11 is 0. The lowest BCUT2D eigenvalue weighted by molar-refractivity contribution is -0.132. The van der Waals surface area contributed by atoms with Crippen molar-refractivity contribution in [1.29, 1.82) is 0 Å². The zero-order valence-corrected chi connectivity index (χ0v) is 7.93. The molecule has 0 rings (SSSR count). The number of hydrogen-bond acceptors (Lipinski definition) is 1. The smallest absolute Gasteiger partial charge is 0.330 e. The summed E-state index contributed by atoms with van der Waals surface area (Å²) in [6.45, 7) is 7.97. The monoisotopic (exact) mass is 158 g/mol. The molecule has 3 heteroatoms. The van der Waals surface area contributed by atoms with Gasteiger partial charge in [0, 0.05) is 5.57 Å². The molecule has 0 radical (unpaired) electrons. The van der Waals surface area contributed by atoms with Gasteiger partial charge in [-0.15, -0.1) is 0 Å². The van der Waals surface area contributed by atoms with E-state index in [0.717, 1.165) is 0 Å². The van der Waals surface area contributed by atoms with Gasteiger partial charge in [-0.3, -0.25) is 0 Å². The summed E-state index contributed by atoms with van der Waals surface area (Å²) in [7, 11) is -1.33. The number of carboxylic acid groups (broad SMARTS) is 1. The first-order valence-corrected chi connectivity index (χ1v) is 6.83. The number of hydrogen-bond donors (Lipinski definition) is 1. The Bertz CT molecular complexity index is 165. The van der Waals surface area contributed by atoms with Crippen LogP contribution in [0.15, 0.2) is 11.3 Å². The molecule has 0 aromatic rings. The van der Waals surface area contributed by atoms with Crippen molar-refractivity contribution in [2.24, 2.45) is 0 Å². The van der Waals surface area contributed by atoms with Crippen molar-refractivity contribution in [1.82, 2.24) is 0 Å². The van der Waals surface area contributed by atoms with Crippen molar-refractivity contribution in [2.45, 2.75) is 26.6 Å². The van der Waals surface area contributed by atoms with Gasteiger partial charge in [-0.25, -0.2) is 4.79 Å². The molecule has 1 N–H and O–H groups in total. The maximum Gasteiger partial charge on any atom is 0.330 e. The summed E-state index contributed by atoms with van der Waals surface area (Å²) in [4.78, 5) is 10.3. The zero-order chi connectivity index (χ0) is 8.36. The third kappa shape index (κ3) is 4.32. The molecule has 0 heterocycles. The van der Waals surface area contributed by atoms with E-state index in [9.17, 15) is 4.79 Å². The lowest BCUT2D eigenvalue weighted by Crippen LogP contribution is -2.18. The minimum absolute atomic E-state index is 0.471. The van der Waals surface area contributed by atoms with Crippen LogP contribution in [0.25, 0.3) is 0 Å². The standard InChI is InChI=1S/C7H14O2Si/c1-6(7(8)9)5-10(2,3)4/h5H,1-4H3,(H,8,9)/b6-5+. The van der Waals surface area contributed by atoms with Gasteiger partial charge in [-0.1, -0.05) is 25.3 Å². The average Bonchev–Trinajstić information content (AvgIpc) is 1.60. The van der Waals surface area contributed by atoms with Gasteiger partial charge in [0.15, 0.2) is 0 Å². The largest absolute Gasteiger partial charge is 0.478 e. The van der Waals surface area contributed by atoms with Crippen LogP contribution in [-0.4, -0.2) is 19.1 Å². The first kappa shape index (κ1) is 9.43. The molecule has 0 unspecified atom stereocenters. The van der Waals surface area contributed by atoms with Gasteiger partial charge < -0.3 is 5.11 Å². The fourth-order valence-corrected chi connectivity index (χ4v) is 2.13. The second-order valence-corrected chi connectivity index (χ2v) is 8.52. The molecule has 0 fully saturated rings. The van der Waals surface area contributed by atoms with Crippen molar-refractivity contribution in [3.8, 4) is 0 Å². The summed E-state index contributed by atoms with van der Waals surface area (Å²) in [6.07, 6.45) is 0. The highest BCUT2D eigenvalue weighted by molar-refractivity contribution is 6.81. The van der Waals surface area contributed by atoms with E-state index < -0.39 is 14.0 Å². The van der Waals surface area contributed by atoms with Crippen molar-refractivity contribution in [3.05, 3.63) is 11.3 Å². The molecule has 0 bridgehead atoms. The SMILES string of the molecule is C/C(=C\[Si](C)(C)C)C(=O)O. The van der Waals surface area contributed by atoms with Gasteiger partial charge in [-0.05, 0) is 6.92 Å². The van der Waals surface area contributed by atoms with E-state index in [1.165, 1.54) is 0 Å². The maximum atomic E-state index is 10.3. The van der Waals surface area contributed by atoms with Crippen LogP contribution in [0.3, 0.4) is 0 Å². The molecule has 0 amide bonds. The third-order valence-corrected chi connectivity index (χ3v) is 2.29. The Labute approximate surface area is 62.6 Å². The van der Waals surface area contributed by atoms with E-state index in [1.807, 2.05) is 5.70 Å². The molecule has 2 nitrogen and oxygen atoms in total. The first-order chi connectivity index (χ1) is 4.33. The van der Waals surface area contributed by atoms with E-state index >= 15 is 0 Å². The van der Waals surface area contributed by atoms with Gasteiger partial charge in [0.2, 0.25) is 0 Å². The minimum atomic E-state index is -1.33. The molecule has 0 spiro atoms. The highest BCUT2D eigenvalue weighted by atomic mass is 28.3. The zero-order valence-electron chi connectivity index (χ0n) is 6.93. The van der Waals surface area contributed by atoms with E-state index in [2.05, 4.69) is 19.6 Å². The number of rotatable bonds is 2. The van der Waals surface area contributed by atoms with Crippen LogP contribution in [0, 0.1) is 0 Å². The second kappa shape index (κ2) is 3.01. The quantitative estimate of drug-likeness (QED) is 0.492. The van der Waals surface area contributed by atoms with E-state index in [0.29, 0.717) is 5.57 Å². The van der Waals surface area contributed by atoms with Crippen LogP contribution in [-0.2, 0) is 4.79 Å². The molecule has 10 heavy (non-hydrogen) atoms. The molecule has 0 aromatic carbocycles. The van der Waals surface area contributed by atoms with Gasteiger partial charge in [0.25, 0.3) is 0 Å². The van der Waals surface area contributed by atoms with Crippen molar-refractivity contribution >= 4 is 14.0 Å². The lowest BCUT2D eigenvalue weighted by Gasteiger charge is -2.09.